The van der Waals surface area contributed by atoms with E-state index in [9.17, 15) is 0 Å². The lowest BCUT2D eigenvalue weighted by molar-refractivity contribution is 0.309. The van der Waals surface area contributed by atoms with Crippen molar-refractivity contribution in [1.29, 1.82) is 0 Å². The molecular formula is C16H22BrNS. The summed E-state index contributed by atoms with van der Waals surface area (Å²) in [6.07, 6.45) is 0. The van der Waals surface area contributed by atoms with Gasteiger partial charge in [-0.15, -0.1) is 11.3 Å². The average molecular weight is 340 g/mol. The Kier molecular flexibility index (Phi) is 5.04. The lowest BCUT2D eigenvalue weighted by Gasteiger charge is -2.27. The second-order valence-corrected chi connectivity index (χ2v) is 7.18. The van der Waals surface area contributed by atoms with Crippen LogP contribution in [0.4, 0.5) is 0 Å². The van der Waals surface area contributed by atoms with Gasteiger partial charge in [0.1, 0.15) is 0 Å². The molecular weight excluding hydrogens is 318 g/mol. The predicted octanol–water partition coefficient (Wildman–Crippen LogP) is 5.61. The molecule has 2 atom stereocenters. The standard InChI is InChI=1S/C16H22BrNS/c1-5-18-15(11(4)10(2)3)13-9-19-16-12(13)7-6-8-14(16)17/h6-11,15,18H,5H2,1-4H3. The molecule has 2 rings (SSSR count). The van der Waals surface area contributed by atoms with Gasteiger partial charge < -0.3 is 5.32 Å². The van der Waals surface area contributed by atoms with Crippen LogP contribution >= 0.6 is 27.3 Å². The third kappa shape index (κ3) is 3.04. The molecule has 1 heterocycles. The Hall–Kier alpha value is -0.380. The molecule has 19 heavy (non-hydrogen) atoms. The van der Waals surface area contributed by atoms with Crippen molar-refractivity contribution in [3.8, 4) is 0 Å². The molecule has 0 aliphatic rings. The first-order valence-corrected chi connectivity index (χ1v) is 8.62. The van der Waals surface area contributed by atoms with Crippen molar-refractivity contribution in [2.45, 2.75) is 33.7 Å². The number of thiophene rings is 1. The van der Waals surface area contributed by atoms with Crippen LogP contribution in [-0.2, 0) is 0 Å². The molecule has 1 aromatic heterocycles. The molecule has 2 unspecified atom stereocenters. The van der Waals surface area contributed by atoms with Crippen LogP contribution in [0, 0.1) is 11.8 Å². The van der Waals surface area contributed by atoms with Crippen LogP contribution in [0.1, 0.15) is 39.3 Å². The minimum atomic E-state index is 0.438. The van der Waals surface area contributed by atoms with Gasteiger partial charge in [-0.25, -0.2) is 0 Å². The number of hydrogen-bond donors (Lipinski definition) is 1. The summed E-state index contributed by atoms with van der Waals surface area (Å²) < 4.78 is 2.56. The first kappa shape index (κ1) is 15.0. The van der Waals surface area contributed by atoms with E-state index >= 15 is 0 Å². The third-order valence-corrected chi connectivity index (χ3v) is 5.89. The molecule has 0 amide bonds. The predicted molar refractivity (Wildman–Crippen MR) is 89.9 cm³/mol. The quantitative estimate of drug-likeness (QED) is 0.746. The van der Waals surface area contributed by atoms with Crippen LogP contribution < -0.4 is 5.32 Å². The monoisotopic (exact) mass is 339 g/mol. The summed E-state index contributed by atoms with van der Waals surface area (Å²) in [6.45, 7) is 10.1. The minimum Gasteiger partial charge on any atom is -0.310 e. The molecule has 1 aromatic carbocycles. The van der Waals surface area contributed by atoms with E-state index in [1.165, 1.54) is 20.1 Å². The molecule has 1 N–H and O–H groups in total. The van der Waals surface area contributed by atoms with Crippen molar-refractivity contribution >= 4 is 37.4 Å². The molecule has 1 nitrogen and oxygen atoms in total. The molecule has 0 radical (unpaired) electrons. The van der Waals surface area contributed by atoms with Crippen LogP contribution in [-0.4, -0.2) is 6.54 Å². The first-order valence-electron chi connectivity index (χ1n) is 6.95. The fraction of sp³-hybridized carbons (Fsp3) is 0.500. The van der Waals surface area contributed by atoms with E-state index in [0.29, 0.717) is 17.9 Å². The van der Waals surface area contributed by atoms with Crippen molar-refractivity contribution in [1.82, 2.24) is 5.32 Å². The van der Waals surface area contributed by atoms with E-state index in [2.05, 4.69) is 72.5 Å². The molecule has 0 spiro atoms. The zero-order valence-corrected chi connectivity index (χ0v) is 14.4. The second-order valence-electron chi connectivity index (χ2n) is 5.45. The van der Waals surface area contributed by atoms with Gasteiger partial charge in [0.25, 0.3) is 0 Å². The van der Waals surface area contributed by atoms with Crippen LogP contribution in [0.3, 0.4) is 0 Å². The number of hydrogen-bond acceptors (Lipinski definition) is 2. The number of rotatable bonds is 5. The maximum Gasteiger partial charge on any atom is 0.0488 e. The largest absolute Gasteiger partial charge is 0.310 e. The molecule has 0 bridgehead atoms. The van der Waals surface area contributed by atoms with Gasteiger partial charge in [0.05, 0.1) is 0 Å². The molecule has 3 heteroatoms. The van der Waals surface area contributed by atoms with Crippen molar-refractivity contribution in [3.63, 3.8) is 0 Å². The summed E-state index contributed by atoms with van der Waals surface area (Å²) in [5, 5.41) is 7.38. The molecule has 0 saturated carbocycles. The SMILES string of the molecule is CCNC(c1csc2c(Br)cccc12)C(C)C(C)C. The van der Waals surface area contributed by atoms with Crippen LogP contribution in [0.2, 0.25) is 0 Å². The van der Waals surface area contributed by atoms with Gasteiger partial charge in [0, 0.05) is 15.2 Å². The highest BCUT2D eigenvalue weighted by Crippen LogP contribution is 2.38. The Morgan fingerprint density at radius 3 is 2.63 bits per heavy atom. The number of nitrogens with one attached hydrogen (secondary N) is 1. The molecule has 0 saturated heterocycles. The van der Waals surface area contributed by atoms with E-state index < -0.39 is 0 Å². The van der Waals surface area contributed by atoms with E-state index in [1.807, 2.05) is 11.3 Å². The van der Waals surface area contributed by atoms with Crippen molar-refractivity contribution in [2.24, 2.45) is 11.8 Å². The van der Waals surface area contributed by atoms with Gasteiger partial charge >= 0.3 is 0 Å². The van der Waals surface area contributed by atoms with Gasteiger partial charge in [-0.05, 0) is 56.7 Å². The summed E-state index contributed by atoms with van der Waals surface area (Å²) in [5.41, 5.74) is 1.45. The normalized spacial score (nSPS) is 15.1. The maximum absolute atomic E-state index is 3.67. The third-order valence-electron chi connectivity index (χ3n) is 3.92. The number of fused-ring (bicyclic) bond motifs is 1. The van der Waals surface area contributed by atoms with Crippen molar-refractivity contribution < 1.29 is 0 Å². The summed E-state index contributed by atoms with van der Waals surface area (Å²) in [6, 6.07) is 6.93. The first-order chi connectivity index (χ1) is 9.06. The highest BCUT2D eigenvalue weighted by Gasteiger charge is 2.23. The summed E-state index contributed by atoms with van der Waals surface area (Å²) in [4.78, 5) is 0. The molecule has 0 aliphatic carbocycles. The lowest BCUT2D eigenvalue weighted by atomic mass is 9.86. The van der Waals surface area contributed by atoms with Gasteiger partial charge in [0.2, 0.25) is 0 Å². The fourth-order valence-electron chi connectivity index (χ4n) is 2.47. The number of halogens is 1. The van der Waals surface area contributed by atoms with Crippen molar-refractivity contribution in [2.75, 3.05) is 6.54 Å². The van der Waals surface area contributed by atoms with E-state index in [-0.39, 0.29) is 0 Å². The second kappa shape index (κ2) is 6.38. The molecule has 0 aliphatic heterocycles. The maximum atomic E-state index is 3.67. The Morgan fingerprint density at radius 2 is 2.00 bits per heavy atom. The molecule has 104 valence electrons. The Labute approximate surface area is 128 Å². The van der Waals surface area contributed by atoms with Gasteiger partial charge in [-0.3, -0.25) is 0 Å². The fourth-order valence-corrected chi connectivity index (χ4v) is 4.13. The van der Waals surface area contributed by atoms with Gasteiger partial charge in [-0.2, -0.15) is 0 Å². The molecule has 2 aromatic rings. The van der Waals surface area contributed by atoms with Crippen LogP contribution in [0.15, 0.2) is 28.1 Å². The van der Waals surface area contributed by atoms with Crippen molar-refractivity contribution in [3.05, 3.63) is 33.6 Å². The van der Waals surface area contributed by atoms with Gasteiger partial charge in [0.15, 0.2) is 0 Å². The highest BCUT2D eigenvalue weighted by atomic mass is 79.9. The molecule has 0 fully saturated rings. The minimum absolute atomic E-state index is 0.438. The lowest BCUT2D eigenvalue weighted by Crippen LogP contribution is -2.29. The van der Waals surface area contributed by atoms with Crippen LogP contribution in [0.5, 0.6) is 0 Å². The zero-order chi connectivity index (χ0) is 14.0. The summed E-state index contributed by atoms with van der Waals surface area (Å²) >= 11 is 5.49. The summed E-state index contributed by atoms with van der Waals surface area (Å²) in [7, 11) is 0. The summed E-state index contributed by atoms with van der Waals surface area (Å²) in [5.74, 6) is 1.29. The Morgan fingerprint density at radius 1 is 1.26 bits per heavy atom. The Bertz CT molecular complexity index is 547. The van der Waals surface area contributed by atoms with E-state index in [0.717, 1.165) is 6.54 Å². The smallest absolute Gasteiger partial charge is 0.0488 e. The topological polar surface area (TPSA) is 12.0 Å². The number of benzene rings is 1. The Balaban J connectivity index is 2.47. The van der Waals surface area contributed by atoms with E-state index in [1.54, 1.807) is 0 Å². The average Bonchev–Trinajstić information content (AvgIpc) is 2.80. The highest BCUT2D eigenvalue weighted by molar-refractivity contribution is 9.10. The van der Waals surface area contributed by atoms with Crippen LogP contribution in [0.25, 0.3) is 10.1 Å². The zero-order valence-electron chi connectivity index (χ0n) is 12.0. The van der Waals surface area contributed by atoms with E-state index in [4.69, 9.17) is 0 Å². The van der Waals surface area contributed by atoms with Gasteiger partial charge in [-0.1, -0.05) is 39.8 Å².